The van der Waals surface area contributed by atoms with Crippen LogP contribution in [-0.4, -0.2) is 17.4 Å². The zero-order chi connectivity index (χ0) is 19.2. The molecule has 0 heterocycles. The van der Waals surface area contributed by atoms with Crippen LogP contribution in [0.15, 0.2) is 77.7 Å². The van der Waals surface area contributed by atoms with Crippen LogP contribution < -0.4 is 5.32 Å². The van der Waals surface area contributed by atoms with Crippen LogP contribution in [0.4, 0.5) is 10.1 Å². The van der Waals surface area contributed by atoms with Crippen LogP contribution >= 0.6 is 23.4 Å². The maximum Gasteiger partial charge on any atom is 0.234 e. The van der Waals surface area contributed by atoms with Crippen molar-refractivity contribution in [2.75, 3.05) is 11.1 Å². The summed E-state index contributed by atoms with van der Waals surface area (Å²) < 4.78 is 13.7. The molecule has 6 heteroatoms. The molecular weight excluding hydrogens is 385 g/mol. The van der Waals surface area contributed by atoms with E-state index < -0.39 is 0 Å². The highest BCUT2D eigenvalue weighted by molar-refractivity contribution is 8.00. The minimum atomic E-state index is -0.373. The summed E-state index contributed by atoms with van der Waals surface area (Å²) in [6.45, 7) is 0. The average Bonchev–Trinajstić information content (AvgIpc) is 2.69. The van der Waals surface area contributed by atoms with Crippen molar-refractivity contribution in [2.24, 2.45) is 0 Å². The van der Waals surface area contributed by atoms with Crippen LogP contribution in [0.3, 0.4) is 0 Å². The normalized spacial score (nSPS) is 10.4. The Morgan fingerprint density at radius 3 is 2.41 bits per heavy atom. The molecule has 0 radical (unpaired) electrons. The number of hydrogen-bond donors (Lipinski definition) is 1. The van der Waals surface area contributed by atoms with Gasteiger partial charge in [0.2, 0.25) is 5.91 Å². The molecule has 3 rings (SSSR count). The number of halogens is 2. The third kappa shape index (κ3) is 4.96. The first-order valence-corrected chi connectivity index (χ1v) is 9.47. The van der Waals surface area contributed by atoms with E-state index in [2.05, 4.69) is 5.32 Å². The first-order chi connectivity index (χ1) is 13.0. The van der Waals surface area contributed by atoms with E-state index in [9.17, 15) is 14.0 Å². The van der Waals surface area contributed by atoms with E-state index in [1.165, 1.54) is 12.1 Å². The number of amides is 1. The number of anilines is 1. The summed E-state index contributed by atoms with van der Waals surface area (Å²) in [7, 11) is 0. The molecule has 27 heavy (non-hydrogen) atoms. The molecule has 0 aliphatic carbocycles. The van der Waals surface area contributed by atoms with E-state index in [-0.39, 0.29) is 23.3 Å². The molecule has 0 aromatic heterocycles. The highest BCUT2D eigenvalue weighted by Gasteiger charge is 2.16. The van der Waals surface area contributed by atoms with Crippen LogP contribution in [0, 0.1) is 5.82 Å². The number of hydrogen-bond acceptors (Lipinski definition) is 3. The fourth-order valence-electron chi connectivity index (χ4n) is 2.45. The zero-order valence-electron chi connectivity index (χ0n) is 14.1. The lowest BCUT2D eigenvalue weighted by atomic mass is 10.0. The Morgan fingerprint density at radius 1 is 0.963 bits per heavy atom. The monoisotopic (exact) mass is 399 g/mol. The van der Waals surface area contributed by atoms with E-state index in [0.29, 0.717) is 26.7 Å². The van der Waals surface area contributed by atoms with Crippen molar-refractivity contribution in [2.45, 2.75) is 4.90 Å². The molecule has 0 spiro atoms. The molecule has 3 nitrogen and oxygen atoms in total. The summed E-state index contributed by atoms with van der Waals surface area (Å²) in [5.74, 6) is -0.938. The molecule has 3 aromatic rings. The minimum Gasteiger partial charge on any atom is -0.325 e. The van der Waals surface area contributed by atoms with Gasteiger partial charge in [0.1, 0.15) is 5.82 Å². The Labute approximate surface area is 165 Å². The summed E-state index contributed by atoms with van der Waals surface area (Å²) >= 11 is 7.12. The Kier molecular flexibility index (Phi) is 6.27. The minimum absolute atomic E-state index is 0.0164. The van der Waals surface area contributed by atoms with Gasteiger partial charge in [0.05, 0.1) is 11.4 Å². The van der Waals surface area contributed by atoms with Gasteiger partial charge in [0, 0.05) is 21.0 Å². The van der Waals surface area contributed by atoms with E-state index in [0.717, 1.165) is 11.8 Å². The summed E-state index contributed by atoms with van der Waals surface area (Å²) in [6.07, 6.45) is 0. The Morgan fingerprint density at radius 2 is 1.67 bits per heavy atom. The van der Waals surface area contributed by atoms with Crippen molar-refractivity contribution in [1.82, 2.24) is 0 Å². The molecule has 1 N–H and O–H groups in total. The quantitative estimate of drug-likeness (QED) is 0.443. The maximum absolute atomic E-state index is 13.7. The van der Waals surface area contributed by atoms with Crippen molar-refractivity contribution in [3.05, 3.63) is 94.8 Å². The van der Waals surface area contributed by atoms with Crippen molar-refractivity contribution in [3.63, 3.8) is 0 Å². The van der Waals surface area contributed by atoms with Crippen molar-refractivity contribution in [3.8, 4) is 0 Å². The summed E-state index contributed by atoms with van der Waals surface area (Å²) in [6, 6.07) is 19.7. The van der Waals surface area contributed by atoms with Gasteiger partial charge in [0.25, 0.3) is 0 Å². The number of rotatable bonds is 6. The maximum atomic E-state index is 13.7. The lowest BCUT2D eigenvalue weighted by molar-refractivity contribution is -0.113. The van der Waals surface area contributed by atoms with Crippen LogP contribution in [0.2, 0.25) is 5.02 Å². The molecule has 1 amide bonds. The summed E-state index contributed by atoms with van der Waals surface area (Å²) in [4.78, 5) is 25.4. The highest BCUT2D eigenvalue weighted by atomic mass is 35.5. The predicted octanol–water partition coefficient (Wildman–Crippen LogP) is 5.44. The number of benzene rings is 3. The highest BCUT2D eigenvalue weighted by Crippen LogP contribution is 2.25. The van der Waals surface area contributed by atoms with Gasteiger partial charge < -0.3 is 5.32 Å². The number of carbonyl (C=O) groups excluding carboxylic acids is 2. The molecule has 0 saturated heterocycles. The van der Waals surface area contributed by atoms with Crippen molar-refractivity contribution >= 4 is 40.7 Å². The number of nitrogens with one attached hydrogen (secondary N) is 1. The first-order valence-electron chi connectivity index (χ1n) is 8.11. The van der Waals surface area contributed by atoms with Gasteiger partial charge >= 0.3 is 0 Å². The lowest BCUT2D eigenvalue weighted by Gasteiger charge is -2.11. The Bertz CT molecular complexity index is 979. The van der Waals surface area contributed by atoms with Crippen LogP contribution in [0.1, 0.15) is 15.9 Å². The molecule has 0 fully saturated rings. The summed E-state index contributed by atoms with van der Waals surface area (Å²) in [5, 5.41) is 3.11. The second-order valence-corrected chi connectivity index (χ2v) is 7.11. The average molecular weight is 400 g/mol. The van der Waals surface area contributed by atoms with E-state index >= 15 is 0 Å². The molecule has 0 unspecified atom stereocenters. The first kappa shape index (κ1) is 19.1. The van der Waals surface area contributed by atoms with Crippen LogP contribution in [0.5, 0.6) is 0 Å². The van der Waals surface area contributed by atoms with E-state index in [4.69, 9.17) is 11.6 Å². The van der Waals surface area contributed by atoms with Gasteiger partial charge in [-0.2, -0.15) is 0 Å². The number of ketones is 1. The third-order valence-electron chi connectivity index (χ3n) is 3.73. The standard InChI is InChI=1S/C21H15ClFNO2S/c22-15-10-11-18(16(12-15)21(26)14-6-2-1-3-7-14)24-20(25)13-27-19-9-5-4-8-17(19)23/h1-12H,13H2,(H,24,25). The molecule has 0 aliphatic rings. The molecule has 3 aromatic carbocycles. The van der Waals surface area contributed by atoms with Gasteiger partial charge in [0.15, 0.2) is 5.78 Å². The van der Waals surface area contributed by atoms with E-state index in [1.807, 2.05) is 6.07 Å². The molecule has 136 valence electrons. The molecule has 0 saturated carbocycles. The van der Waals surface area contributed by atoms with Gasteiger partial charge in [-0.15, -0.1) is 11.8 Å². The van der Waals surface area contributed by atoms with Crippen LogP contribution in [-0.2, 0) is 4.79 Å². The molecular formula is C21H15ClFNO2S. The number of carbonyl (C=O) groups is 2. The van der Waals surface area contributed by atoms with Crippen molar-refractivity contribution < 1.29 is 14.0 Å². The van der Waals surface area contributed by atoms with E-state index in [1.54, 1.807) is 54.6 Å². The smallest absolute Gasteiger partial charge is 0.234 e. The zero-order valence-corrected chi connectivity index (χ0v) is 15.7. The van der Waals surface area contributed by atoms with Gasteiger partial charge in [-0.3, -0.25) is 9.59 Å². The molecule has 0 bridgehead atoms. The Hall–Kier alpha value is -2.63. The van der Waals surface area contributed by atoms with Crippen molar-refractivity contribution in [1.29, 1.82) is 0 Å². The number of thioether (sulfide) groups is 1. The second-order valence-electron chi connectivity index (χ2n) is 5.65. The largest absolute Gasteiger partial charge is 0.325 e. The van der Waals surface area contributed by atoms with Gasteiger partial charge in [-0.1, -0.05) is 54.1 Å². The van der Waals surface area contributed by atoms with Gasteiger partial charge in [-0.05, 0) is 30.3 Å². The van der Waals surface area contributed by atoms with Crippen LogP contribution in [0.25, 0.3) is 0 Å². The second kappa shape index (κ2) is 8.84. The molecule has 0 atom stereocenters. The summed E-state index contributed by atoms with van der Waals surface area (Å²) in [5.41, 5.74) is 1.17. The Balaban J connectivity index is 1.76. The lowest BCUT2D eigenvalue weighted by Crippen LogP contribution is -2.17. The predicted molar refractivity (Wildman–Crippen MR) is 107 cm³/mol. The topological polar surface area (TPSA) is 46.2 Å². The fourth-order valence-corrected chi connectivity index (χ4v) is 3.36. The van der Waals surface area contributed by atoms with Gasteiger partial charge in [-0.25, -0.2) is 4.39 Å². The fraction of sp³-hybridized carbons (Fsp3) is 0.0476. The SMILES string of the molecule is O=C(CSc1ccccc1F)Nc1ccc(Cl)cc1C(=O)c1ccccc1. The molecule has 0 aliphatic heterocycles. The third-order valence-corrected chi connectivity index (χ3v) is 5.02.